The number of aryl methyl sites for hydroxylation is 1. The molecule has 8 nitrogen and oxygen atoms in total. The highest BCUT2D eigenvalue weighted by atomic mass is 16.2. The zero-order valence-corrected chi connectivity index (χ0v) is 20.4. The number of nitrogen functional groups attached to an aromatic ring is 1. The van der Waals surface area contributed by atoms with Crippen LogP contribution in [0.4, 0.5) is 17.2 Å². The monoisotopic (exact) mass is 472 g/mol. The summed E-state index contributed by atoms with van der Waals surface area (Å²) in [7, 11) is 0. The Morgan fingerprint density at radius 2 is 1.74 bits per heavy atom. The lowest BCUT2D eigenvalue weighted by molar-refractivity contribution is 0.0712. The molecule has 4 rings (SSSR count). The van der Waals surface area contributed by atoms with Crippen molar-refractivity contribution in [3.05, 3.63) is 77.2 Å². The van der Waals surface area contributed by atoms with Crippen LogP contribution in [-0.4, -0.2) is 45.8 Å². The predicted molar refractivity (Wildman–Crippen MR) is 139 cm³/mol. The number of hydrogen-bond donors (Lipinski definition) is 3. The molecule has 0 bridgehead atoms. The summed E-state index contributed by atoms with van der Waals surface area (Å²) in [6.45, 7) is 7.28. The normalized spacial score (nSPS) is 14.1. The Balaban J connectivity index is 1.40. The van der Waals surface area contributed by atoms with Crippen molar-refractivity contribution in [2.45, 2.75) is 45.6 Å². The molecule has 3 aromatic rings. The Bertz CT molecular complexity index is 1180. The first kappa shape index (κ1) is 24.2. The van der Waals surface area contributed by atoms with E-state index in [4.69, 9.17) is 5.73 Å². The van der Waals surface area contributed by atoms with E-state index < -0.39 is 0 Å². The van der Waals surface area contributed by atoms with Crippen molar-refractivity contribution < 1.29 is 9.59 Å². The van der Waals surface area contributed by atoms with Crippen molar-refractivity contribution in [3.63, 3.8) is 0 Å². The molecule has 1 saturated heterocycles. The van der Waals surface area contributed by atoms with Crippen LogP contribution in [0.5, 0.6) is 0 Å². The van der Waals surface area contributed by atoms with Crippen molar-refractivity contribution in [2.75, 3.05) is 29.5 Å². The quantitative estimate of drug-likeness (QED) is 0.488. The van der Waals surface area contributed by atoms with E-state index in [-0.39, 0.29) is 17.9 Å². The van der Waals surface area contributed by atoms with Crippen LogP contribution in [0.3, 0.4) is 0 Å². The second-order valence-corrected chi connectivity index (χ2v) is 9.30. The number of carbonyl (C=O) groups is 2. The molecule has 8 heteroatoms. The summed E-state index contributed by atoms with van der Waals surface area (Å²) in [6.07, 6.45) is 4.94. The molecule has 0 radical (unpaired) electrons. The van der Waals surface area contributed by atoms with Gasteiger partial charge in [0.1, 0.15) is 5.82 Å². The maximum atomic E-state index is 13.2. The topological polar surface area (TPSA) is 113 Å². The summed E-state index contributed by atoms with van der Waals surface area (Å²) in [4.78, 5) is 36.6. The molecule has 0 atom stereocenters. The van der Waals surface area contributed by atoms with E-state index in [2.05, 4.69) is 20.6 Å². The van der Waals surface area contributed by atoms with Gasteiger partial charge in [0.15, 0.2) is 0 Å². The van der Waals surface area contributed by atoms with Crippen LogP contribution in [0.15, 0.2) is 54.9 Å². The number of piperidine rings is 1. The minimum absolute atomic E-state index is 0.0324. The molecule has 4 N–H and O–H groups in total. The van der Waals surface area contributed by atoms with Crippen LogP contribution in [0.2, 0.25) is 0 Å². The van der Waals surface area contributed by atoms with Crippen LogP contribution in [0.1, 0.15) is 64.6 Å². The summed E-state index contributed by atoms with van der Waals surface area (Å²) >= 11 is 0. The highest BCUT2D eigenvalue weighted by molar-refractivity contribution is 6.05. The van der Waals surface area contributed by atoms with Gasteiger partial charge < -0.3 is 21.3 Å². The Morgan fingerprint density at radius 3 is 2.37 bits per heavy atom. The van der Waals surface area contributed by atoms with E-state index in [1.165, 1.54) is 0 Å². The fraction of sp³-hybridized carbons (Fsp3) is 0.333. The zero-order chi connectivity index (χ0) is 24.9. The number of anilines is 3. The van der Waals surface area contributed by atoms with Crippen molar-refractivity contribution in [3.8, 4) is 0 Å². The molecule has 0 saturated carbocycles. The van der Waals surface area contributed by atoms with Gasteiger partial charge in [0, 0.05) is 48.2 Å². The van der Waals surface area contributed by atoms with E-state index >= 15 is 0 Å². The number of nitrogens with two attached hydrogens (primary N) is 1. The molecule has 0 unspecified atom stereocenters. The molecular weight excluding hydrogens is 440 g/mol. The van der Waals surface area contributed by atoms with Gasteiger partial charge in [-0.1, -0.05) is 6.07 Å². The number of carbonyl (C=O) groups excluding carboxylic acids is 2. The third kappa shape index (κ3) is 5.95. The molecular formula is C27H32N6O2. The van der Waals surface area contributed by atoms with E-state index in [0.29, 0.717) is 41.5 Å². The van der Waals surface area contributed by atoms with Crippen molar-refractivity contribution in [2.24, 2.45) is 0 Å². The number of pyridine rings is 2. The summed E-state index contributed by atoms with van der Waals surface area (Å²) in [5, 5.41) is 6.13. The minimum atomic E-state index is -0.266. The first-order valence-electron chi connectivity index (χ1n) is 12.0. The third-order valence-electron chi connectivity index (χ3n) is 6.20. The number of nitrogens with zero attached hydrogens (tertiary/aromatic N) is 3. The van der Waals surface area contributed by atoms with Gasteiger partial charge in [0.25, 0.3) is 11.8 Å². The van der Waals surface area contributed by atoms with Crippen LogP contribution in [-0.2, 0) is 0 Å². The molecule has 2 aromatic heterocycles. The first-order valence-corrected chi connectivity index (χ1v) is 12.0. The van der Waals surface area contributed by atoms with Crippen molar-refractivity contribution in [1.29, 1.82) is 0 Å². The number of amides is 2. The molecule has 2 amide bonds. The summed E-state index contributed by atoms with van der Waals surface area (Å²) in [5.41, 5.74) is 9.93. The lowest BCUT2D eigenvalue weighted by atomic mass is 9.92. The van der Waals surface area contributed by atoms with Gasteiger partial charge in [-0.25, -0.2) is 4.98 Å². The van der Waals surface area contributed by atoms with Crippen molar-refractivity contribution in [1.82, 2.24) is 14.9 Å². The smallest absolute Gasteiger partial charge is 0.257 e. The number of hydrogen-bond acceptors (Lipinski definition) is 6. The van der Waals surface area contributed by atoms with Crippen LogP contribution in [0.25, 0.3) is 0 Å². The van der Waals surface area contributed by atoms with Crippen LogP contribution < -0.4 is 16.4 Å². The lowest BCUT2D eigenvalue weighted by Gasteiger charge is -2.32. The maximum absolute atomic E-state index is 13.2. The Hall–Kier alpha value is -3.94. The maximum Gasteiger partial charge on any atom is 0.257 e. The summed E-state index contributed by atoms with van der Waals surface area (Å²) < 4.78 is 0. The SMILES string of the molecule is Cc1ccc(C(=O)N2CCC(c3ccc(N)cn3)CC2)cc1NC(=O)c1ccc(NC(C)C)nc1. The summed E-state index contributed by atoms with van der Waals surface area (Å²) in [6, 6.07) is 13.0. The molecule has 3 heterocycles. The van der Waals surface area contributed by atoms with Crippen molar-refractivity contribution >= 4 is 29.0 Å². The van der Waals surface area contributed by atoms with Gasteiger partial charge in [0.05, 0.1) is 17.4 Å². The second-order valence-electron chi connectivity index (χ2n) is 9.30. The minimum Gasteiger partial charge on any atom is -0.397 e. The number of rotatable bonds is 6. The molecule has 35 heavy (non-hydrogen) atoms. The van der Waals surface area contributed by atoms with Gasteiger partial charge in [-0.05, 0) is 75.6 Å². The van der Waals surface area contributed by atoms with Gasteiger partial charge in [-0.2, -0.15) is 0 Å². The zero-order valence-electron chi connectivity index (χ0n) is 20.4. The van der Waals surface area contributed by atoms with E-state index in [1.54, 1.807) is 30.6 Å². The van der Waals surface area contributed by atoms with Gasteiger partial charge in [0.2, 0.25) is 0 Å². The second kappa shape index (κ2) is 10.5. The molecule has 182 valence electrons. The highest BCUT2D eigenvalue weighted by Gasteiger charge is 2.25. The Kier molecular flexibility index (Phi) is 7.29. The van der Waals surface area contributed by atoms with Crippen LogP contribution >= 0.6 is 0 Å². The number of nitrogens with one attached hydrogen (secondary N) is 2. The number of likely N-dealkylation sites (tertiary alicyclic amines) is 1. The fourth-order valence-electron chi connectivity index (χ4n) is 4.21. The molecule has 1 aliphatic heterocycles. The summed E-state index contributed by atoms with van der Waals surface area (Å²) in [5.74, 6) is 0.743. The largest absolute Gasteiger partial charge is 0.397 e. The lowest BCUT2D eigenvalue weighted by Crippen LogP contribution is -2.38. The molecule has 0 aliphatic carbocycles. The number of benzene rings is 1. The predicted octanol–water partition coefficient (Wildman–Crippen LogP) is 4.46. The molecule has 1 aliphatic rings. The standard InChI is InChI=1S/C27H32N6O2/c1-17(2)31-25-9-6-21(15-30-25)26(34)32-24-14-20(5-4-18(24)3)27(35)33-12-10-19(11-13-33)23-8-7-22(28)16-29-23/h4-9,14-17,19H,10-13,28H2,1-3H3,(H,30,31)(H,32,34). The average Bonchev–Trinajstić information content (AvgIpc) is 2.85. The molecule has 0 spiro atoms. The van der Waals surface area contributed by atoms with E-state index in [0.717, 1.165) is 29.9 Å². The third-order valence-corrected chi connectivity index (χ3v) is 6.20. The number of aromatic nitrogens is 2. The van der Waals surface area contributed by atoms with E-state index in [1.807, 2.05) is 49.9 Å². The van der Waals surface area contributed by atoms with Gasteiger partial charge in [-0.3, -0.25) is 14.6 Å². The molecule has 1 aromatic carbocycles. The Morgan fingerprint density at radius 1 is 1.00 bits per heavy atom. The highest BCUT2D eigenvalue weighted by Crippen LogP contribution is 2.28. The van der Waals surface area contributed by atoms with Gasteiger partial charge in [-0.15, -0.1) is 0 Å². The fourth-order valence-corrected chi connectivity index (χ4v) is 4.21. The van der Waals surface area contributed by atoms with E-state index in [9.17, 15) is 9.59 Å². The molecule has 1 fully saturated rings. The van der Waals surface area contributed by atoms with Gasteiger partial charge >= 0.3 is 0 Å². The first-order chi connectivity index (χ1) is 16.8. The average molecular weight is 473 g/mol. The van der Waals surface area contributed by atoms with Crippen LogP contribution in [0, 0.1) is 6.92 Å². The Labute approximate surface area is 206 Å².